The van der Waals surface area contributed by atoms with E-state index in [1.54, 1.807) is 31.2 Å². The number of nitrogens with zero attached hydrogens (tertiary/aromatic N) is 3. The van der Waals surface area contributed by atoms with Crippen LogP contribution in [0.25, 0.3) is 5.69 Å². The Morgan fingerprint density at radius 1 is 1.07 bits per heavy atom. The fourth-order valence-corrected chi connectivity index (χ4v) is 2.42. The molecule has 0 unspecified atom stereocenters. The Hall–Kier alpha value is -3.36. The molecule has 9 heteroatoms. The maximum absolute atomic E-state index is 12.9. The Morgan fingerprint density at radius 2 is 1.78 bits per heavy atom. The van der Waals surface area contributed by atoms with Gasteiger partial charge in [-0.3, -0.25) is 9.89 Å². The minimum absolute atomic E-state index is 0.0169. The lowest BCUT2D eigenvalue weighted by Gasteiger charge is -2.08. The van der Waals surface area contributed by atoms with E-state index in [-0.39, 0.29) is 11.4 Å². The van der Waals surface area contributed by atoms with Gasteiger partial charge in [-0.1, -0.05) is 6.07 Å². The van der Waals surface area contributed by atoms with Crippen LogP contribution in [0.15, 0.2) is 63.6 Å². The van der Waals surface area contributed by atoms with Gasteiger partial charge in [0.15, 0.2) is 5.69 Å². The molecule has 0 radical (unpaired) electrons. The Morgan fingerprint density at radius 3 is 2.41 bits per heavy atom. The van der Waals surface area contributed by atoms with E-state index in [2.05, 4.69) is 15.3 Å². The standard InChI is InChI=1S/C18H15F3N4O2/c1-11-16(23-22-13-6-8-15(27-2)9-7-13)17(26)25(24-11)14-5-3-4-12(10-14)18(19,20)21/h3-10,24H,1-2H3. The molecule has 1 aromatic heterocycles. The van der Waals surface area contributed by atoms with Gasteiger partial charge in [0.2, 0.25) is 0 Å². The van der Waals surface area contributed by atoms with Crippen LogP contribution in [0.3, 0.4) is 0 Å². The highest BCUT2D eigenvalue weighted by Crippen LogP contribution is 2.30. The number of hydrogen-bond donors (Lipinski definition) is 1. The summed E-state index contributed by atoms with van der Waals surface area (Å²) in [4.78, 5) is 12.5. The number of halogens is 3. The zero-order valence-electron chi connectivity index (χ0n) is 14.4. The van der Waals surface area contributed by atoms with E-state index in [1.807, 2.05) is 0 Å². The number of hydrogen-bond acceptors (Lipinski definition) is 4. The summed E-state index contributed by atoms with van der Waals surface area (Å²) < 4.78 is 44.7. The number of azo groups is 1. The highest BCUT2D eigenvalue weighted by atomic mass is 19.4. The van der Waals surface area contributed by atoms with Crippen molar-refractivity contribution in [2.45, 2.75) is 13.1 Å². The summed E-state index contributed by atoms with van der Waals surface area (Å²) in [5.41, 5.74) is -0.479. The Kier molecular flexibility index (Phi) is 4.85. The van der Waals surface area contributed by atoms with E-state index in [1.165, 1.54) is 19.2 Å². The molecule has 2 aromatic carbocycles. The number of methoxy groups -OCH3 is 1. The van der Waals surface area contributed by atoms with E-state index in [0.717, 1.165) is 16.8 Å². The highest BCUT2D eigenvalue weighted by molar-refractivity contribution is 5.46. The normalized spacial score (nSPS) is 11.9. The van der Waals surface area contributed by atoms with Crippen molar-refractivity contribution >= 4 is 11.4 Å². The summed E-state index contributed by atoms with van der Waals surface area (Å²) in [5.74, 6) is 0.652. The van der Waals surface area contributed by atoms with Crippen LogP contribution in [-0.4, -0.2) is 16.9 Å². The molecule has 0 aliphatic rings. The number of benzene rings is 2. The Labute approximate surface area is 151 Å². The molecule has 3 rings (SSSR count). The van der Waals surface area contributed by atoms with Crippen molar-refractivity contribution in [2.24, 2.45) is 10.2 Å². The summed E-state index contributed by atoms with van der Waals surface area (Å²) in [6.07, 6.45) is -4.50. The average molecular weight is 376 g/mol. The van der Waals surface area contributed by atoms with E-state index >= 15 is 0 Å². The van der Waals surface area contributed by atoms with Gasteiger partial charge in [-0.25, -0.2) is 4.68 Å². The number of rotatable bonds is 4. The fraction of sp³-hybridized carbons (Fsp3) is 0.167. The summed E-state index contributed by atoms with van der Waals surface area (Å²) in [6.45, 7) is 1.59. The SMILES string of the molecule is COc1ccc(N=Nc2c(C)[nH]n(-c3cccc(C(F)(F)F)c3)c2=O)cc1. The van der Waals surface area contributed by atoms with Gasteiger partial charge in [0.05, 0.1) is 29.7 Å². The van der Waals surface area contributed by atoms with Gasteiger partial charge in [0.1, 0.15) is 5.75 Å². The van der Waals surface area contributed by atoms with Crippen LogP contribution >= 0.6 is 0 Å². The molecule has 1 N–H and O–H groups in total. The minimum Gasteiger partial charge on any atom is -0.497 e. The molecule has 0 amide bonds. The predicted octanol–water partition coefficient (Wildman–Crippen LogP) is 4.92. The summed E-state index contributed by atoms with van der Waals surface area (Å²) in [7, 11) is 1.54. The first kappa shape index (κ1) is 18.4. The molecule has 0 atom stereocenters. The third-order valence-corrected chi connectivity index (χ3v) is 3.81. The van der Waals surface area contributed by atoms with Crippen LogP contribution in [0, 0.1) is 6.92 Å². The lowest BCUT2D eigenvalue weighted by molar-refractivity contribution is -0.137. The predicted molar refractivity (Wildman–Crippen MR) is 93.3 cm³/mol. The van der Waals surface area contributed by atoms with Crippen molar-refractivity contribution < 1.29 is 17.9 Å². The maximum atomic E-state index is 12.9. The van der Waals surface area contributed by atoms with Crippen molar-refractivity contribution in [3.8, 4) is 11.4 Å². The van der Waals surface area contributed by atoms with Gasteiger partial charge in [0, 0.05) is 0 Å². The number of nitrogens with one attached hydrogen (secondary N) is 1. The smallest absolute Gasteiger partial charge is 0.416 e. The first-order valence-electron chi connectivity index (χ1n) is 7.84. The van der Waals surface area contributed by atoms with Gasteiger partial charge in [0.25, 0.3) is 5.56 Å². The fourth-order valence-electron chi connectivity index (χ4n) is 2.42. The van der Waals surface area contributed by atoms with E-state index < -0.39 is 17.3 Å². The summed E-state index contributed by atoms with van der Waals surface area (Å²) >= 11 is 0. The van der Waals surface area contributed by atoms with Crippen LogP contribution in [-0.2, 0) is 6.18 Å². The van der Waals surface area contributed by atoms with Crippen LogP contribution in [0.1, 0.15) is 11.3 Å². The van der Waals surface area contributed by atoms with Crippen molar-refractivity contribution in [1.82, 2.24) is 9.78 Å². The third-order valence-electron chi connectivity index (χ3n) is 3.81. The van der Waals surface area contributed by atoms with Crippen molar-refractivity contribution in [3.05, 3.63) is 70.1 Å². The van der Waals surface area contributed by atoms with Crippen molar-refractivity contribution in [3.63, 3.8) is 0 Å². The van der Waals surface area contributed by atoms with Gasteiger partial charge < -0.3 is 4.74 Å². The van der Waals surface area contributed by atoms with Gasteiger partial charge in [-0.2, -0.15) is 18.3 Å². The van der Waals surface area contributed by atoms with Crippen LogP contribution < -0.4 is 10.3 Å². The number of aromatic nitrogens is 2. The minimum atomic E-state index is -4.50. The van der Waals surface area contributed by atoms with E-state index in [9.17, 15) is 18.0 Å². The topological polar surface area (TPSA) is 71.7 Å². The van der Waals surface area contributed by atoms with Crippen LogP contribution in [0.2, 0.25) is 0 Å². The molecule has 0 bridgehead atoms. The van der Waals surface area contributed by atoms with Crippen molar-refractivity contribution in [1.29, 1.82) is 0 Å². The number of aromatic amines is 1. The second-order valence-corrected chi connectivity index (χ2v) is 5.67. The van der Waals surface area contributed by atoms with Gasteiger partial charge >= 0.3 is 6.18 Å². The number of aryl methyl sites for hydroxylation is 1. The molecule has 1 heterocycles. The molecule has 0 spiro atoms. The monoisotopic (exact) mass is 376 g/mol. The quantitative estimate of drug-likeness (QED) is 0.657. The molecule has 27 heavy (non-hydrogen) atoms. The van der Waals surface area contributed by atoms with Crippen LogP contribution in [0.4, 0.5) is 24.5 Å². The molecule has 0 saturated heterocycles. The van der Waals surface area contributed by atoms with Gasteiger partial charge in [-0.05, 0) is 49.4 Å². The summed E-state index contributed by atoms with van der Waals surface area (Å²) in [5, 5.41) is 10.7. The molecule has 0 fully saturated rings. The zero-order valence-corrected chi connectivity index (χ0v) is 14.4. The maximum Gasteiger partial charge on any atom is 0.416 e. The molecule has 140 valence electrons. The molecule has 0 aliphatic heterocycles. The first-order chi connectivity index (χ1) is 12.8. The lowest BCUT2D eigenvalue weighted by Crippen LogP contribution is -2.15. The van der Waals surface area contributed by atoms with Gasteiger partial charge in [-0.15, -0.1) is 5.11 Å². The van der Waals surface area contributed by atoms with Crippen molar-refractivity contribution in [2.75, 3.05) is 7.11 Å². The lowest BCUT2D eigenvalue weighted by atomic mass is 10.2. The van der Waals surface area contributed by atoms with E-state index in [0.29, 0.717) is 17.1 Å². The molecule has 0 aliphatic carbocycles. The van der Waals surface area contributed by atoms with Crippen LogP contribution in [0.5, 0.6) is 5.75 Å². The largest absolute Gasteiger partial charge is 0.497 e. The Bertz CT molecular complexity index is 1030. The molecule has 3 aromatic rings. The third kappa shape index (κ3) is 3.91. The Balaban J connectivity index is 1.95. The average Bonchev–Trinajstić information content (AvgIpc) is 2.94. The second kappa shape index (κ2) is 7.10. The molecular formula is C18H15F3N4O2. The number of ether oxygens (including phenoxy) is 1. The van der Waals surface area contributed by atoms with E-state index in [4.69, 9.17) is 4.74 Å². The highest BCUT2D eigenvalue weighted by Gasteiger charge is 2.30. The zero-order chi connectivity index (χ0) is 19.6. The summed E-state index contributed by atoms with van der Waals surface area (Å²) in [6, 6.07) is 11.2. The number of alkyl halides is 3. The molecular weight excluding hydrogens is 361 g/mol. The molecule has 6 nitrogen and oxygen atoms in total. The first-order valence-corrected chi connectivity index (χ1v) is 7.84. The second-order valence-electron chi connectivity index (χ2n) is 5.67. The number of H-pyrrole nitrogens is 1. The molecule has 0 saturated carbocycles.